The van der Waals surface area contributed by atoms with Gasteiger partial charge in [0, 0.05) is 18.9 Å². The molecule has 0 radical (unpaired) electrons. The average molecular weight is 432 g/mol. The topological polar surface area (TPSA) is 211 Å². The van der Waals surface area contributed by atoms with E-state index in [9.17, 15) is 19.5 Å². The van der Waals surface area contributed by atoms with Crippen LogP contribution in [0.25, 0.3) is 11.2 Å². The average Bonchev–Trinajstić information content (AvgIpc) is 2.71. The van der Waals surface area contributed by atoms with Gasteiger partial charge in [0.1, 0.15) is 6.04 Å². The second kappa shape index (κ2) is 9.47. The van der Waals surface area contributed by atoms with Gasteiger partial charge in [0.15, 0.2) is 17.0 Å². The number of nitrogens with zero attached hydrogens (tertiary/aromatic N) is 5. The Balaban J connectivity index is 1.54. The number of aliphatic carboxylic acids is 2. The number of amides is 1. The zero-order chi connectivity index (χ0) is 22.5. The van der Waals surface area contributed by atoms with Crippen molar-refractivity contribution in [2.45, 2.75) is 38.3 Å². The maximum absolute atomic E-state index is 12.4. The molecule has 1 aliphatic heterocycles. The number of carboxylic acids is 2. The summed E-state index contributed by atoms with van der Waals surface area (Å²) >= 11 is 0. The first-order chi connectivity index (χ1) is 14.7. The van der Waals surface area contributed by atoms with E-state index < -0.39 is 18.0 Å². The molecule has 13 heteroatoms. The van der Waals surface area contributed by atoms with Gasteiger partial charge in [-0.05, 0) is 32.4 Å². The molecule has 1 amide bonds. The molecular formula is C18H24N8O5. The van der Waals surface area contributed by atoms with Crippen LogP contribution in [0.4, 0.5) is 11.8 Å². The Morgan fingerprint density at radius 3 is 2.52 bits per heavy atom. The summed E-state index contributed by atoms with van der Waals surface area (Å²) in [5.74, 6) is -2.87. The third-order valence-electron chi connectivity index (χ3n) is 5.11. The molecule has 0 aliphatic carbocycles. The van der Waals surface area contributed by atoms with Crippen LogP contribution >= 0.6 is 0 Å². The fourth-order valence-electron chi connectivity index (χ4n) is 3.46. The smallest absolute Gasteiger partial charge is 0.326 e. The standard InChI is InChI=1S/C18H24N8O5/c19-14-13-15(25-18(20)24-14)21-7-10(22-13)8-26-5-3-9(4-6-26)16(29)23-11(17(30)31)1-2-12(27)28/h7,9,11H,1-6,8H2,(H,23,29)(H,27,28)(H,30,31)(H4,19,20,21,24,25)/t11-/m0/s1. The Morgan fingerprint density at radius 1 is 1.16 bits per heavy atom. The molecule has 1 atom stereocenters. The van der Waals surface area contributed by atoms with Crippen LogP contribution in [0.5, 0.6) is 0 Å². The number of nitrogen functional groups attached to an aromatic ring is 2. The summed E-state index contributed by atoms with van der Waals surface area (Å²) in [5, 5.41) is 20.4. The van der Waals surface area contributed by atoms with E-state index in [1.807, 2.05) is 0 Å². The number of rotatable bonds is 8. The van der Waals surface area contributed by atoms with E-state index >= 15 is 0 Å². The van der Waals surface area contributed by atoms with Crippen LogP contribution in [0.15, 0.2) is 6.20 Å². The molecule has 0 unspecified atom stereocenters. The molecule has 7 N–H and O–H groups in total. The summed E-state index contributed by atoms with van der Waals surface area (Å²) < 4.78 is 0. The second-order valence-corrected chi connectivity index (χ2v) is 7.38. The quantitative estimate of drug-likeness (QED) is 0.348. The number of piperidine rings is 1. The summed E-state index contributed by atoms with van der Waals surface area (Å²) in [6.07, 6.45) is 2.19. The highest BCUT2D eigenvalue weighted by molar-refractivity contribution is 5.85. The first-order valence-corrected chi connectivity index (χ1v) is 9.75. The molecule has 31 heavy (non-hydrogen) atoms. The zero-order valence-corrected chi connectivity index (χ0v) is 16.7. The van der Waals surface area contributed by atoms with Crippen LogP contribution in [0.3, 0.4) is 0 Å². The molecule has 0 saturated carbocycles. The fraction of sp³-hybridized carbons (Fsp3) is 0.500. The predicted molar refractivity (Wildman–Crippen MR) is 108 cm³/mol. The van der Waals surface area contributed by atoms with E-state index in [-0.39, 0.29) is 36.4 Å². The molecule has 1 saturated heterocycles. The Kier molecular flexibility index (Phi) is 6.74. The number of anilines is 2. The van der Waals surface area contributed by atoms with Crippen LogP contribution in [-0.2, 0) is 20.9 Å². The first-order valence-electron chi connectivity index (χ1n) is 9.75. The van der Waals surface area contributed by atoms with Gasteiger partial charge in [0.05, 0.1) is 11.9 Å². The van der Waals surface area contributed by atoms with Gasteiger partial charge in [-0.1, -0.05) is 0 Å². The van der Waals surface area contributed by atoms with E-state index in [0.717, 1.165) is 0 Å². The highest BCUT2D eigenvalue weighted by Crippen LogP contribution is 2.20. The summed E-state index contributed by atoms with van der Waals surface area (Å²) in [4.78, 5) is 53.0. The van der Waals surface area contributed by atoms with Gasteiger partial charge >= 0.3 is 11.9 Å². The molecule has 1 fully saturated rings. The number of aromatic nitrogens is 4. The molecule has 0 spiro atoms. The second-order valence-electron chi connectivity index (χ2n) is 7.38. The van der Waals surface area contributed by atoms with Gasteiger partial charge in [-0.2, -0.15) is 9.97 Å². The highest BCUT2D eigenvalue weighted by atomic mass is 16.4. The minimum Gasteiger partial charge on any atom is -0.481 e. The lowest BCUT2D eigenvalue weighted by Crippen LogP contribution is -2.46. The van der Waals surface area contributed by atoms with Gasteiger partial charge in [0.25, 0.3) is 0 Å². The van der Waals surface area contributed by atoms with E-state index in [4.69, 9.17) is 16.6 Å². The molecule has 2 aromatic heterocycles. The van der Waals surface area contributed by atoms with Crippen LogP contribution < -0.4 is 16.8 Å². The number of carbonyl (C=O) groups is 3. The first kappa shape index (κ1) is 22.1. The Morgan fingerprint density at radius 2 is 1.87 bits per heavy atom. The van der Waals surface area contributed by atoms with Crippen molar-refractivity contribution in [3.63, 3.8) is 0 Å². The lowest BCUT2D eigenvalue weighted by atomic mass is 9.95. The van der Waals surface area contributed by atoms with Gasteiger partial charge in [-0.15, -0.1) is 0 Å². The van der Waals surface area contributed by atoms with Gasteiger partial charge in [0.2, 0.25) is 11.9 Å². The molecule has 1 aliphatic rings. The van der Waals surface area contributed by atoms with Gasteiger partial charge in [-0.25, -0.2) is 14.8 Å². The SMILES string of the molecule is Nc1nc(N)c2nc(CN3CCC(C(=O)N[C@@H](CCC(=O)O)C(=O)O)CC3)cnc2n1. The Labute approximate surface area is 176 Å². The van der Waals surface area contributed by atoms with Crippen LogP contribution in [0.1, 0.15) is 31.4 Å². The number of carboxylic acid groups (broad SMARTS) is 2. The van der Waals surface area contributed by atoms with E-state index in [1.165, 1.54) is 0 Å². The number of nitrogens with two attached hydrogens (primary N) is 2. The van der Waals surface area contributed by atoms with Crippen molar-refractivity contribution in [2.24, 2.45) is 5.92 Å². The van der Waals surface area contributed by atoms with Crippen molar-refractivity contribution < 1.29 is 24.6 Å². The third kappa shape index (κ3) is 5.72. The van der Waals surface area contributed by atoms with Crippen LogP contribution in [0, 0.1) is 5.92 Å². The number of hydrogen-bond donors (Lipinski definition) is 5. The van der Waals surface area contributed by atoms with E-state index in [0.29, 0.717) is 49.3 Å². The number of hydrogen-bond acceptors (Lipinski definition) is 10. The monoisotopic (exact) mass is 432 g/mol. The van der Waals surface area contributed by atoms with Crippen molar-refractivity contribution in [1.82, 2.24) is 30.2 Å². The lowest BCUT2D eigenvalue weighted by Gasteiger charge is -2.31. The van der Waals surface area contributed by atoms with Gasteiger partial charge < -0.3 is 27.0 Å². The number of carbonyl (C=O) groups excluding carboxylic acids is 1. The third-order valence-corrected chi connectivity index (χ3v) is 5.11. The normalized spacial score (nSPS) is 16.1. The summed E-state index contributed by atoms with van der Waals surface area (Å²) in [6, 6.07) is -1.21. The molecule has 2 aromatic rings. The van der Waals surface area contributed by atoms with Crippen LogP contribution in [-0.4, -0.2) is 72.0 Å². The number of nitrogens with one attached hydrogen (secondary N) is 1. The molecular weight excluding hydrogens is 408 g/mol. The zero-order valence-electron chi connectivity index (χ0n) is 16.7. The van der Waals surface area contributed by atoms with Gasteiger partial charge in [-0.3, -0.25) is 14.5 Å². The fourth-order valence-corrected chi connectivity index (χ4v) is 3.46. The molecule has 3 rings (SSSR count). The summed E-state index contributed by atoms with van der Waals surface area (Å²) in [6.45, 7) is 1.72. The Bertz CT molecular complexity index is 992. The molecule has 13 nitrogen and oxygen atoms in total. The number of likely N-dealkylation sites (tertiary alicyclic amines) is 1. The minimum absolute atomic E-state index is 0.0282. The van der Waals surface area contributed by atoms with Crippen molar-refractivity contribution in [3.05, 3.63) is 11.9 Å². The molecule has 166 valence electrons. The van der Waals surface area contributed by atoms with Crippen LogP contribution in [0.2, 0.25) is 0 Å². The van der Waals surface area contributed by atoms with Crippen molar-refractivity contribution >= 4 is 40.8 Å². The van der Waals surface area contributed by atoms with Crippen molar-refractivity contribution in [1.29, 1.82) is 0 Å². The molecule has 0 bridgehead atoms. The highest BCUT2D eigenvalue weighted by Gasteiger charge is 2.29. The minimum atomic E-state index is -1.24. The molecule has 0 aromatic carbocycles. The lowest BCUT2D eigenvalue weighted by molar-refractivity contribution is -0.144. The predicted octanol–water partition coefficient (Wildman–Crippen LogP) is -0.770. The maximum atomic E-state index is 12.4. The largest absolute Gasteiger partial charge is 0.481 e. The maximum Gasteiger partial charge on any atom is 0.326 e. The Hall–Kier alpha value is -3.61. The number of fused-ring (bicyclic) bond motifs is 1. The van der Waals surface area contributed by atoms with Crippen molar-refractivity contribution in [3.8, 4) is 0 Å². The van der Waals surface area contributed by atoms with Crippen molar-refractivity contribution in [2.75, 3.05) is 24.6 Å². The summed E-state index contributed by atoms with van der Waals surface area (Å²) in [7, 11) is 0. The van der Waals surface area contributed by atoms with E-state index in [1.54, 1.807) is 6.20 Å². The summed E-state index contributed by atoms with van der Waals surface area (Å²) in [5.41, 5.74) is 12.8. The van der Waals surface area contributed by atoms with E-state index in [2.05, 4.69) is 30.2 Å². The molecule has 3 heterocycles.